The summed E-state index contributed by atoms with van der Waals surface area (Å²) in [7, 11) is 1.61. The molecule has 1 aliphatic carbocycles. The number of ketones is 1. The maximum absolute atomic E-state index is 13.9. The third-order valence-electron chi connectivity index (χ3n) is 7.06. The Morgan fingerprint density at radius 1 is 1.00 bits per heavy atom. The number of allylic oxidation sites excluding steroid dienone is 2. The number of nitrogens with one attached hydrogen (secondary N) is 1. The minimum absolute atomic E-state index is 0.00212. The van der Waals surface area contributed by atoms with E-state index in [1.165, 1.54) is 0 Å². The lowest BCUT2D eigenvalue weighted by Crippen LogP contribution is -2.45. The summed E-state index contributed by atoms with van der Waals surface area (Å²) in [6.07, 6.45) is 1.04. The van der Waals surface area contributed by atoms with E-state index in [0.29, 0.717) is 35.3 Å². The SMILES string of the molecule is COc1ccc([C@@H]2C3=C(CC(C)(C)CC3=O)N(c3ccc(Br)cc3)C(=N)/C2=C(/O)c2ccccc2)cc1. The average molecular weight is 557 g/mol. The van der Waals surface area contributed by atoms with Crippen LogP contribution in [0, 0.1) is 10.8 Å². The van der Waals surface area contributed by atoms with Gasteiger partial charge in [0.15, 0.2) is 5.78 Å². The fraction of sp³-hybridized carbons (Fsp3) is 0.226. The maximum atomic E-state index is 13.9. The Morgan fingerprint density at radius 3 is 2.27 bits per heavy atom. The Hall–Kier alpha value is -3.64. The molecule has 0 saturated carbocycles. The number of ether oxygens (including phenoxy) is 1. The lowest BCUT2D eigenvalue weighted by atomic mass is 9.67. The zero-order valence-corrected chi connectivity index (χ0v) is 22.7. The Balaban J connectivity index is 1.83. The summed E-state index contributed by atoms with van der Waals surface area (Å²) in [5, 5.41) is 21.2. The number of Topliss-reactive ketones (excluding diaryl/α,β-unsaturated/α-hetero) is 1. The third-order valence-corrected chi connectivity index (χ3v) is 7.59. The van der Waals surface area contributed by atoms with Gasteiger partial charge in [-0.3, -0.25) is 15.1 Å². The fourth-order valence-corrected chi connectivity index (χ4v) is 5.63. The molecule has 0 saturated heterocycles. The van der Waals surface area contributed by atoms with E-state index in [2.05, 4.69) is 29.8 Å². The molecule has 0 fully saturated rings. The van der Waals surface area contributed by atoms with E-state index in [0.717, 1.165) is 21.4 Å². The summed E-state index contributed by atoms with van der Waals surface area (Å²) in [5.41, 5.74) is 3.82. The predicted molar refractivity (Wildman–Crippen MR) is 151 cm³/mol. The first-order chi connectivity index (χ1) is 17.7. The largest absolute Gasteiger partial charge is 0.507 e. The number of nitrogens with zero attached hydrogens (tertiary/aromatic N) is 1. The molecule has 5 rings (SSSR count). The lowest BCUT2D eigenvalue weighted by Gasteiger charge is -2.45. The van der Waals surface area contributed by atoms with Crippen LogP contribution in [0.4, 0.5) is 5.69 Å². The van der Waals surface area contributed by atoms with Crippen LogP contribution >= 0.6 is 15.9 Å². The summed E-state index contributed by atoms with van der Waals surface area (Å²) >= 11 is 3.50. The summed E-state index contributed by atoms with van der Waals surface area (Å²) in [4.78, 5) is 15.7. The van der Waals surface area contributed by atoms with E-state index in [9.17, 15) is 15.3 Å². The lowest BCUT2D eigenvalue weighted by molar-refractivity contribution is -0.118. The predicted octanol–water partition coefficient (Wildman–Crippen LogP) is 7.65. The van der Waals surface area contributed by atoms with Crippen LogP contribution in [-0.2, 0) is 4.79 Å². The van der Waals surface area contributed by atoms with Gasteiger partial charge in [-0.05, 0) is 53.8 Å². The molecule has 1 heterocycles. The Bertz CT molecular complexity index is 1420. The number of anilines is 1. The normalized spacial score (nSPS) is 20.5. The average Bonchev–Trinajstić information content (AvgIpc) is 2.88. The molecule has 0 unspecified atom stereocenters. The Kier molecular flexibility index (Phi) is 6.54. The van der Waals surface area contributed by atoms with Crippen LogP contribution in [-0.4, -0.2) is 23.8 Å². The molecule has 1 aliphatic heterocycles. The molecule has 0 bridgehead atoms. The minimum Gasteiger partial charge on any atom is -0.507 e. The van der Waals surface area contributed by atoms with Gasteiger partial charge in [0.1, 0.15) is 17.3 Å². The van der Waals surface area contributed by atoms with Crippen molar-refractivity contribution in [2.24, 2.45) is 5.41 Å². The number of carbonyl (C=O) groups is 1. The first kappa shape index (κ1) is 25.0. The number of rotatable bonds is 4. The van der Waals surface area contributed by atoms with Crippen molar-refractivity contribution >= 4 is 39.0 Å². The molecule has 0 aromatic heterocycles. The highest BCUT2D eigenvalue weighted by Gasteiger charge is 2.46. The van der Waals surface area contributed by atoms with E-state index < -0.39 is 5.92 Å². The maximum Gasteiger partial charge on any atom is 0.162 e. The van der Waals surface area contributed by atoms with Gasteiger partial charge in [-0.2, -0.15) is 0 Å². The molecule has 37 heavy (non-hydrogen) atoms. The van der Waals surface area contributed by atoms with Gasteiger partial charge in [0, 0.05) is 44.9 Å². The third kappa shape index (κ3) is 4.62. The number of carbonyl (C=O) groups excluding carboxylic acids is 1. The molecule has 188 valence electrons. The van der Waals surface area contributed by atoms with Gasteiger partial charge in [0.2, 0.25) is 0 Å². The Morgan fingerprint density at radius 2 is 1.65 bits per heavy atom. The molecule has 3 aromatic carbocycles. The van der Waals surface area contributed by atoms with Crippen molar-refractivity contribution in [3.8, 4) is 5.75 Å². The summed E-state index contributed by atoms with van der Waals surface area (Å²) in [6.45, 7) is 4.18. The van der Waals surface area contributed by atoms with Gasteiger partial charge in [-0.25, -0.2) is 0 Å². The molecule has 2 aliphatic rings. The number of benzene rings is 3. The monoisotopic (exact) mass is 556 g/mol. The molecule has 1 atom stereocenters. The van der Waals surface area contributed by atoms with Crippen molar-refractivity contribution in [3.63, 3.8) is 0 Å². The molecular weight excluding hydrogens is 528 g/mol. The number of hydrogen-bond acceptors (Lipinski definition) is 4. The van der Waals surface area contributed by atoms with Crippen LogP contribution in [0.25, 0.3) is 5.76 Å². The van der Waals surface area contributed by atoms with Crippen LogP contribution in [0.2, 0.25) is 0 Å². The van der Waals surface area contributed by atoms with Crippen molar-refractivity contribution in [3.05, 3.63) is 111 Å². The second-order valence-corrected chi connectivity index (χ2v) is 11.2. The summed E-state index contributed by atoms with van der Waals surface area (Å²) in [5.74, 6) is 0.324. The van der Waals surface area contributed by atoms with Gasteiger partial charge in [0.05, 0.1) is 7.11 Å². The number of aliphatic hydroxyl groups is 1. The van der Waals surface area contributed by atoms with Crippen molar-refractivity contribution in [2.45, 2.75) is 32.6 Å². The van der Waals surface area contributed by atoms with Gasteiger partial charge in [-0.15, -0.1) is 0 Å². The highest BCUT2D eigenvalue weighted by Crippen LogP contribution is 2.51. The molecule has 3 aromatic rings. The quantitative estimate of drug-likeness (QED) is 0.323. The first-order valence-electron chi connectivity index (χ1n) is 12.2. The van der Waals surface area contributed by atoms with Gasteiger partial charge in [-0.1, -0.05) is 72.2 Å². The smallest absolute Gasteiger partial charge is 0.162 e. The van der Waals surface area contributed by atoms with Crippen molar-refractivity contribution in [1.82, 2.24) is 0 Å². The molecular formula is C31H29BrN2O3. The van der Waals surface area contributed by atoms with Crippen LogP contribution in [0.15, 0.2) is 100 Å². The van der Waals surface area contributed by atoms with Crippen LogP contribution < -0.4 is 9.64 Å². The zero-order chi connectivity index (χ0) is 26.3. The van der Waals surface area contributed by atoms with E-state index in [4.69, 9.17) is 4.74 Å². The minimum atomic E-state index is -0.580. The number of halogens is 1. The standard InChI is InChI=1S/C31H29BrN2O3/c1-31(2)17-24-27(25(35)18-31)26(19-9-15-23(37-3)16-10-19)28(29(36)20-7-5-4-6-8-20)30(33)34(24)22-13-11-21(32)12-14-22/h4-16,26,33,36H,17-18H2,1-3H3/b29-28+,33-30?/t26-/m1/s1. The van der Waals surface area contributed by atoms with Gasteiger partial charge in [0.25, 0.3) is 0 Å². The van der Waals surface area contributed by atoms with E-state index in [1.807, 2.05) is 83.8 Å². The number of aliphatic hydroxyl groups excluding tert-OH is 1. The van der Waals surface area contributed by atoms with Crippen molar-refractivity contribution < 1.29 is 14.6 Å². The highest BCUT2D eigenvalue weighted by molar-refractivity contribution is 9.10. The zero-order valence-electron chi connectivity index (χ0n) is 21.1. The molecule has 2 N–H and O–H groups in total. The van der Waals surface area contributed by atoms with Crippen LogP contribution in [0.5, 0.6) is 5.75 Å². The molecule has 0 amide bonds. The summed E-state index contributed by atoms with van der Waals surface area (Å²) < 4.78 is 6.29. The fourth-order valence-electron chi connectivity index (χ4n) is 5.37. The van der Waals surface area contributed by atoms with E-state index >= 15 is 0 Å². The second-order valence-electron chi connectivity index (χ2n) is 10.3. The first-order valence-corrected chi connectivity index (χ1v) is 13.0. The molecule has 6 heteroatoms. The number of methoxy groups -OCH3 is 1. The molecule has 0 spiro atoms. The number of amidine groups is 1. The van der Waals surface area contributed by atoms with Crippen molar-refractivity contribution in [1.29, 1.82) is 5.41 Å². The van der Waals surface area contributed by atoms with E-state index in [-0.39, 0.29) is 22.8 Å². The van der Waals surface area contributed by atoms with Gasteiger partial charge < -0.3 is 9.84 Å². The molecule has 5 nitrogen and oxygen atoms in total. The molecule has 0 radical (unpaired) electrons. The van der Waals surface area contributed by atoms with Gasteiger partial charge >= 0.3 is 0 Å². The topological polar surface area (TPSA) is 73.6 Å². The highest BCUT2D eigenvalue weighted by atomic mass is 79.9. The van der Waals surface area contributed by atoms with Crippen LogP contribution in [0.3, 0.4) is 0 Å². The number of hydrogen-bond donors (Lipinski definition) is 2. The van der Waals surface area contributed by atoms with E-state index in [1.54, 1.807) is 7.11 Å². The Labute approximate surface area is 225 Å². The van der Waals surface area contributed by atoms with Crippen LogP contribution in [0.1, 0.15) is 43.7 Å². The van der Waals surface area contributed by atoms with Crippen molar-refractivity contribution in [2.75, 3.05) is 12.0 Å². The summed E-state index contributed by atoms with van der Waals surface area (Å²) in [6, 6.07) is 24.5. The second kappa shape index (κ2) is 9.67.